The van der Waals surface area contributed by atoms with Crippen LogP contribution in [-0.4, -0.2) is 48.0 Å². The molecule has 15 heavy (non-hydrogen) atoms. The van der Waals surface area contributed by atoms with Crippen LogP contribution in [-0.2, 0) is 6.54 Å². The molecule has 4 heteroatoms. The summed E-state index contributed by atoms with van der Waals surface area (Å²) in [5.41, 5.74) is 1.15. The number of hydrogen-bond acceptors (Lipinski definition) is 3. The summed E-state index contributed by atoms with van der Waals surface area (Å²) in [6.45, 7) is 3.28. The molecule has 2 heterocycles. The van der Waals surface area contributed by atoms with E-state index in [9.17, 15) is 0 Å². The minimum absolute atomic E-state index is 0.723. The van der Waals surface area contributed by atoms with Gasteiger partial charge in [0, 0.05) is 36.3 Å². The summed E-state index contributed by atoms with van der Waals surface area (Å²) in [6.07, 6.45) is 1.86. The zero-order valence-electron chi connectivity index (χ0n) is 9.15. The van der Waals surface area contributed by atoms with Crippen LogP contribution in [0.25, 0.3) is 0 Å². The van der Waals surface area contributed by atoms with Gasteiger partial charge in [0.2, 0.25) is 0 Å². The Hall–Kier alpha value is -0.450. The van der Waals surface area contributed by atoms with E-state index in [4.69, 9.17) is 0 Å². The van der Waals surface area contributed by atoms with E-state index in [-0.39, 0.29) is 0 Å². The van der Waals surface area contributed by atoms with Crippen LogP contribution < -0.4 is 0 Å². The molecule has 1 fully saturated rings. The molecule has 0 aromatic carbocycles. The lowest BCUT2D eigenvalue weighted by molar-refractivity contribution is 0.0564. The second-order valence-electron chi connectivity index (χ2n) is 4.28. The summed E-state index contributed by atoms with van der Waals surface area (Å²) in [4.78, 5) is 9.07. The number of likely N-dealkylation sites (tertiary alicyclic amines) is 1. The van der Waals surface area contributed by atoms with E-state index in [1.54, 1.807) is 0 Å². The van der Waals surface area contributed by atoms with Gasteiger partial charge in [0.25, 0.3) is 0 Å². The smallest absolute Gasteiger partial charge is 0.0544 e. The molecule has 1 aromatic heterocycles. The summed E-state index contributed by atoms with van der Waals surface area (Å²) >= 11 is 3.39. The first-order valence-corrected chi connectivity index (χ1v) is 5.93. The summed E-state index contributed by atoms with van der Waals surface area (Å²) in [5.74, 6) is 0. The van der Waals surface area contributed by atoms with E-state index in [1.165, 1.54) is 0 Å². The van der Waals surface area contributed by atoms with Gasteiger partial charge in [-0.05, 0) is 42.2 Å². The van der Waals surface area contributed by atoms with Gasteiger partial charge in [-0.15, -0.1) is 0 Å². The molecule has 2 rings (SSSR count). The Morgan fingerprint density at radius 2 is 2.20 bits per heavy atom. The average molecular weight is 270 g/mol. The van der Waals surface area contributed by atoms with Gasteiger partial charge in [0.05, 0.1) is 5.69 Å². The molecule has 1 aromatic rings. The third kappa shape index (κ3) is 2.77. The zero-order valence-corrected chi connectivity index (χ0v) is 10.7. The highest BCUT2D eigenvalue weighted by molar-refractivity contribution is 9.10. The van der Waals surface area contributed by atoms with Crippen molar-refractivity contribution in [3.05, 3.63) is 28.5 Å². The van der Waals surface area contributed by atoms with Gasteiger partial charge in [-0.25, -0.2) is 0 Å². The maximum absolute atomic E-state index is 4.37. The molecule has 0 N–H and O–H groups in total. The highest BCUT2D eigenvalue weighted by Gasteiger charge is 2.27. The molecule has 1 aliphatic rings. The van der Waals surface area contributed by atoms with Crippen molar-refractivity contribution in [2.24, 2.45) is 0 Å². The van der Waals surface area contributed by atoms with Crippen LogP contribution in [0.2, 0.25) is 0 Å². The molecule has 0 spiro atoms. The van der Waals surface area contributed by atoms with Crippen LogP contribution in [0.3, 0.4) is 0 Å². The third-order valence-corrected chi connectivity index (χ3v) is 3.31. The van der Waals surface area contributed by atoms with Gasteiger partial charge in [0.15, 0.2) is 0 Å². The number of hydrogen-bond donors (Lipinski definition) is 0. The van der Waals surface area contributed by atoms with Crippen molar-refractivity contribution in [1.29, 1.82) is 0 Å². The first-order chi connectivity index (χ1) is 7.15. The standard InChI is InChI=1S/C11H16BrN3/c1-14(2)11-7-15(8-11)6-10-4-3-9(12)5-13-10/h3-5,11H,6-8H2,1-2H3. The Morgan fingerprint density at radius 1 is 1.47 bits per heavy atom. The van der Waals surface area contributed by atoms with E-state index < -0.39 is 0 Å². The molecular weight excluding hydrogens is 254 g/mol. The van der Waals surface area contributed by atoms with Crippen molar-refractivity contribution >= 4 is 15.9 Å². The Bertz CT molecular complexity index is 317. The number of likely N-dealkylation sites (N-methyl/N-ethyl adjacent to an activating group) is 1. The van der Waals surface area contributed by atoms with Gasteiger partial charge in [-0.3, -0.25) is 9.88 Å². The fourth-order valence-corrected chi connectivity index (χ4v) is 1.96. The molecule has 1 saturated heterocycles. The number of rotatable bonds is 3. The highest BCUT2D eigenvalue weighted by atomic mass is 79.9. The molecule has 0 amide bonds. The number of halogens is 1. The first kappa shape index (κ1) is 11.0. The molecule has 0 aliphatic carbocycles. The summed E-state index contributed by atoms with van der Waals surface area (Å²) in [5, 5.41) is 0. The second kappa shape index (κ2) is 4.60. The number of aromatic nitrogens is 1. The second-order valence-corrected chi connectivity index (χ2v) is 5.19. The molecule has 0 radical (unpaired) electrons. The van der Waals surface area contributed by atoms with Crippen LogP contribution in [0.15, 0.2) is 22.8 Å². The molecule has 0 atom stereocenters. The topological polar surface area (TPSA) is 19.4 Å². The van der Waals surface area contributed by atoms with Crippen molar-refractivity contribution in [1.82, 2.24) is 14.8 Å². The van der Waals surface area contributed by atoms with E-state index in [2.05, 4.69) is 50.9 Å². The molecule has 1 aliphatic heterocycles. The Morgan fingerprint density at radius 3 is 2.73 bits per heavy atom. The highest BCUT2D eigenvalue weighted by Crippen LogP contribution is 2.16. The molecular formula is C11H16BrN3. The number of pyridine rings is 1. The van der Waals surface area contributed by atoms with Crippen molar-refractivity contribution in [3.63, 3.8) is 0 Å². The number of nitrogens with zero attached hydrogens (tertiary/aromatic N) is 3. The molecule has 3 nitrogen and oxygen atoms in total. The van der Waals surface area contributed by atoms with Crippen LogP contribution in [0, 0.1) is 0 Å². The van der Waals surface area contributed by atoms with Crippen LogP contribution in [0.1, 0.15) is 5.69 Å². The van der Waals surface area contributed by atoms with E-state index >= 15 is 0 Å². The van der Waals surface area contributed by atoms with Gasteiger partial charge < -0.3 is 4.90 Å². The van der Waals surface area contributed by atoms with E-state index in [0.29, 0.717) is 0 Å². The minimum Gasteiger partial charge on any atom is -0.304 e. The Labute approximate surface area is 99.2 Å². The monoisotopic (exact) mass is 269 g/mol. The van der Waals surface area contributed by atoms with Crippen molar-refractivity contribution in [2.45, 2.75) is 12.6 Å². The molecule has 82 valence electrons. The maximum atomic E-state index is 4.37. The predicted octanol–water partition coefficient (Wildman–Crippen LogP) is 1.59. The third-order valence-electron chi connectivity index (χ3n) is 2.84. The largest absolute Gasteiger partial charge is 0.304 e. The van der Waals surface area contributed by atoms with E-state index in [0.717, 1.165) is 35.8 Å². The molecule has 0 saturated carbocycles. The van der Waals surface area contributed by atoms with Gasteiger partial charge in [0.1, 0.15) is 0 Å². The van der Waals surface area contributed by atoms with Crippen LogP contribution in [0.4, 0.5) is 0 Å². The predicted molar refractivity (Wildman–Crippen MR) is 64.7 cm³/mol. The Kier molecular flexibility index (Phi) is 3.38. The van der Waals surface area contributed by atoms with Crippen LogP contribution in [0.5, 0.6) is 0 Å². The van der Waals surface area contributed by atoms with Gasteiger partial charge in [-0.1, -0.05) is 0 Å². The van der Waals surface area contributed by atoms with Crippen LogP contribution >= 0.6 is 15.9 Å². The van der Waals surface area contributed by atoms with Gasteiger partial charge in [-0.2, -0.15) is 0 Å². The minimum atomic E-state index is 0.723. The lowest BCUT2D eigenvalue weighted by atomic mass is 10.1. The summed E-state index contributed by atoms with van der Waals surface area (Å²) in [6, 6.07) is 4.85. The van der Waals surface area contributed by atoms with Gasteiger partial charge >= 0.3 is 0 Å². The molecule has 0 bridgehead atoms. The normalized spacial score (nSPS) is 18.1. The Balaban J connectivity index is 1.82. The van der Waals surface area contributed by atoms with Crippen molar-refractivity contribution < 1.29 is 0 Å². The van der Waals surface area contributed by atoms with Crippen molar-refractivity contribution in [3.8, 4) is 0 Å². The van der Waals surface area contributed by atoms with Crippen molar-refractivity contribution in [2.75, 3.05) is 27.2 Å². The SMILES string of the molecule is CN(C)C1CN(Cc2ccc(Br)cn2)C1. The lowest BCUT2D eigenvalue weighted by Gasteiger charge is -2.42. The van der Waals surface area contributed by atoms with E-state index in [1.807, 2.05) is 12.3 Å². The lowest BCUT2D eigenvalue weighted by Crippen LogP contribution is -2.56. The average Bonchev–Trinajstić information content (AvgIpc) is 2.13. The fourth-order valence-electron chi connectivity index (χ4n) is 1.73. The quantitative estimate of drug-likeness (QED) is 0.831. The fraction of sp³-hybridized carbons (Fsp3) is 0.545. The molecule has 0 unspecified atom stereocenters. The maximum Gasteiger partial charge on any atom is 0.0544 e. The summed E-state index contributed by atoms with van der Waals surface area (Å²) in [7, 11) is 4.28. The summed E-state index contributed by atoms with van der Waals surface area (Å²) < 4.78 is 1.04. The first-order valence-electron chi connectivity index (χ1n) is 5.14. The zero-order chi connectivity index (χ0) is 10.8.